The lowest BCUT2D eigenvalue weighted by molar-refractivity contribution is -0.121. The molecular formula is C13H28N2O4. The molecule has 1 amide bonds. The van der Waals surface area contributed by atoms with E-state index in [2.05, 4.69) is 10.6 Å². The monoisotopic (exact) mass is 276 g/mol. The molecule has 2 atom stereocenters. The molecular weight excluding hydrogens is 248 g/mol. The molecule has 0 aliphatic heterocycles. The number of aliphatic hydroxyl groups excluding tert-OH is 1. The zero-order valence-electron chi connectivity index (χ0n) is 12.3. The lowest BCUT2D eigenvalue weighted by Crippen LogP contribution is -2.36. The summed E-state index contributed by atoms with van der Waals surface area (Å²) in [7, 11) is 1.60. The molecule has 0 bridgehead atoms. The van der Waals surface area contributed by atoms with Gasteiger partial charge in [-0.15, -0.1) is 0 Å². The Balaban J connectivity index is 3.39. The molecule has 0 aromatic heterocycles. The number of hydrogen-bond donors (Lipinski definition) is 3. The van der Waals surface area contributed by atoms with Crippen LogP contribution >= 0.6 is 0 Å². The third kappa shape index (κ3) is 12.1. The first-order valence-corrected chi connectivity index (χ1v) is 6.85. The molecule has 0 aromatic rings. The largest absolute Gasteiger partial charge is 0.389 e. The molecule has 0 fully saturated rings. The van der Waals surface area contributed by atoms with Crippen LogP contribution in [0, 0.1) is 0 Å². The second-order valence-corrected chi connectivity index (χ2v) is 4.55. The number of amides is 1. The maximum Gasteiger partial charge on any atom is 0.221 e. The fraction of sp³-hybridized carbons (Fsp3) is 0.923. The number of carbonyl (C=O) groups excluding carboxylic acids is 1. The van der Waals surface area contributed by atoms with Gasteiger partial charge in [-0.3, -0.25) is 4.79 Å². The summed E-state index contributed by atoms with van der Waals surface area (Å²) in [6, 6.07) is 0.215. The standard InChI is InChI=1S/C13H28N2O4/c1-4-11(2)15-13(17)5-6-14-9-12(16)10-19-8-7-18-3/h11-12,14,16H,4-10H2,1-3H3,(H,15,17). The molecule has 19 heavy (non-hydrogen) atoms. The van der Waals surface area contributed by atoms with Gasteiger partial charge in [-0.25, -0.2) is 0 Å². The maximum atomic E-state index is 11.4. The average Bonchev–Trinajstić information content (AvgIpc) is 2.39. The van der Waals surface area contributed by atoms with Crippen molar-refractivity contribution >= 4 is 5.91 Å². The van der Waals surface area contributed by atoms with Crippen LogP contribution in [-0.4, -0.2) is 63.2 Å². The van der Waals surface area contributed by atoms with Gasteiger partial charge in [-0.05, 0) is 13.3 Å². The van der Waals surface area contributed by atoms with Crippen molar-refractivity contribution in [2.24, 2.45) is 0 Å². The van der Waals surface area contributed by atoms with Crippen molar-refractivity contribution in [1.82, 2.24) is 10.6 Å². The van der Waals surface area contributed by atoms with Crippen molar-refractivity contribution in [3.05, 3.63) is 0 Å². The van der Waals surface area contributed by atoms with Gasteiger partial charge in [0.2, 0.25) is 5.91 Å². The van der Waals surface area contributed by atoms with Crippen LogP contribution in [-0.2, 0) is 14.3 Å². The zero-order valence-corrected chi connectivity index (χ0v) is 12.3. The number of carbonyl (C=O) groups is 1. The minimum Gasteiger partial charge on any atom is -0.389 e. The SMILES string of the molecule is CCC(C)NC(=O)CCNCC(O)COCCOC. The van der Waals surface area contributed by atoms with Gasteiger partial charge in [0, 0.05) is 32.7 Å². The van der Waals surface area contributed by atoms with E-state index in [-0.39, 0.29) is 18.6 Å². The summed E-state index contributed by atoms with van der Waals surface area (Å²) in [6.45, 7) is 6.26. The number of aliphatic hydroxyl groups is 1. The lowest BCUT2D eigenvalue weighted by Gasteiger charge is -2.13. The lowest BCUT2D eigenvalue weighted by atomic mass is 10.2. The van der Waals surface area contributed by atoms with E-state index in [1.165, 1.54) is 0 Å². The number of methoxy groups -OCH3 is 1. The predicted molar refractivity (Wildman–Crippen MR) is 74.1 cm³/mol. The van der Waals surface area contributed by atoms with Crippen LogP contribution in [0.3, 0.4) is 0 Å². The Hall–Kier alpha value is -0.690. The molecule has 3 N–H and O–H groups in total. The molecule has 0 heterocycles. The Morgan fingerprint density at radius 2 is 2.11 bits per heavy atom. The highest BCUT2D eigenvalue weighted by Gasteiger charge is 2.06. The summed E-state index contributed by atoms with van der Waals surface area (Å²) in [5.41, 5.74) is 0. The molecule has 0 aliphatic rings. The van der Waals surface area contributed by atoms with Gasteiger partial charge in [-0.2, -0.15) is 0 Å². The van der Waals surface area contributed by atoms with Crippen molar-refractivity contribution in [2.45, 2.75) is 38.8 Å². The van der Waals surface area contributed by atoms with Crippen LogP contribution in [0.4, 0.5) is 0 Å². The Morgan fingerprint density at radius 3 is 2.74 bits per heavy atom. The quantitative estimate of drug-likeness (QED) is 0.434. The molecule has 6 heteroatoms. The normalized spacial score (nSPS) is 14.1. The van der Waals surface area contributed by atoms with E-state index in [0.717, 1.165) is 6.42 Å². The van der Waals surface area contributed by atoms with E-state index >= 15 is 0 Å². The van der Waals surface area contributed by atoms with Crippen molar-refractivity contribution in [3.8, 4) is 0 Å². The van der Waals surface area contributed by atoms with E-state index in [9.17, 15) is 9.90 Å². The summed E-state index contributed by atoms with van der Waals surface area (Å²) in [4.78, 5) is 11.4. The van der Waals surface area contributed by atoms with Crippen LogP contribution in [0.2, 0.25) is 0 Å². The van der Waals surface area contributed by atoms with E-state index < -0.39 is 6.10 Å². The van der Waals surface area contributed by atoms with E-state index in [1.54, 1.807) is 7.11 Å². The smallest absolute Gasteiger partial charge is 0.221 e. The van der Waals surface area contributed by atoms with Crippen molar-refractivity contribution in [1.29, 1.82) is 0 Å². The number of rotatable bonds is 12. The topological polar surface area (TPSA) is 79.8 Å². The van der Waals surface area contributed by atoms with Crippen LogP contribution in [0.5, 0.6) is 0 Å². The number of nitrogens with one attached hydrogen (secondary N) is 2. The Bertz CT molecular complexity index is 227. The summed E-state index contributed by atoms with van der Waals surface area (Å²) in [6.07, 6.45) is 0.785. The van der Waals surface area contributed by atoms with Gasteiger partial charge >= 0.3 is 0 Å². The van der Waals surface area contributed by atoms with E-state index in [1.807, 2.05) is 13.8 Å². The highest BCUT2D eigenvalue weighted by atomic mass is 16.5. The minimum absolute atomic E-state index is 0.0349. The summed E-state index contributed by atoms with van der Waals surface area (Å²) in [5, 5.41) is 15.5. The highest BCUT2D eigenvalue weighted by molar-refractivity contribution is 5.76. The summed E-state index contributed by atoms with van der Waals surface area (Å²) in [5.74, 6) is 0.0349. The molecule has 0 saturated heterocycles. The van der Waals surface area contributed by atoms with Gasteiger partial charge in [0.15, 0.2) is 0 Å². The van der Waals surface area contributed by atoms with Crippen molar-refractivity contribution in [2.75, 3.05) is 40.0 Å². The molecule has 114 valence electrons. The highest BCUT2D eigenvalue weighted by Crippen LogP contribution is 1.89. The van der Waals surface area contributed by atoms with Gasteiger partial charge in [0.25, 0.3) is 0 Å². The minimum atomic E-state index is -0.561. The fourth-order valence-corrected chi connectivity index (χ4v) is 1.34. The third-order valence-electron chi connectivity index (χ3n) is 2.67. The molecule has 0 spiro atoms. The van der Waals surface area contributed by atoms with Gasteiger partial charge in [0.1, 0.15) is 0 Å². The molecule has 0 aliphatic carbocycles. The number of ether oxygens (including phenoxy) is 2. The summed E-state index contributed by atoms with van der Waals surface area (Å²) >= 11 is 0. The maximum absolute atomic E-state index is 11.4. The average molecular weight is 276 g/mol. The zero-order chi connectivity index (χ0) is 14.5. The first kappa shape index (κ1) is 18.3. The van der Waals surface area contributed by atoms with Crippen LogP contribution in [0.15, 0.2) is 0 Å². The first-order valence-electron chi connectivity index (χ1n) is 6.85. The first-order chi connectivity index (χ1) is 9.10. The molecule has 0 radical (unpaired) electrons. The second kappa shape index (κ2) is 12.3. The van der Waals surface area contributed by atoms with E-state index in [4.69, 9.17) is 9.47 Å². The van der Waals surface area contributed by atoms with Crippen molar-refractivity contribution in [3.63, 3.8) is 0 Å². The van der Waals surface area contributed by atoms with Gasteiger partial charge in [-0.1, -0.05) is 6.92 Å². The molecule has 0 aromatic carbocycles. The van der Waals surface area contributed by atoms with Crippen molar-refractivity contribution < 1.29 is 19.4 Å². The van der Waals surface area contributed by atoms with Crippen LogP contribution < -0.4 is 10.6 Å². The predicted octanol–water partition coefficient (Wildman–Crippen LogP) is -0.0953. The number of hydrogen-bond acceptors (Lipinski definition) is 5. The van der Waals surface area contributed by atoms with Crippen LogP contribution in [0.25, 0.3) is 0 Å². The molecule has 0 saturated carbocycles. The fourth-order valence-electron chi connectivity index (χ4n) is 1.34. The Morgan fingerprint density at radius 1 is 1.37 bits per heavy atom. The van der Waals surface area contributed by atoms with Gasteiger partial charge in [0.05, 0.1) is 25.9 Å². The van der Waals surface area contributed by atoms with E-state index in [0.29, 0.717) is 32.7 Å². The Kier molecular flexibility index (Phi) is 11.9. The molecule has 2 unspecified atom stereocenters. The molecule has 6 nitrogen and oxygen atoms in total. The third-order valence-corrected chi connectivity index (χ3v) is 2.67. The molecule has 0 rings (SSSR count). The second-order valence-electron chi connectivity index (χ2n) is 4.55. The van der Waals surface area contributed by atoms with Gasteiger partial charge < -0.3 is 25.2 Å². The van der Waals surface area contributed by atoms with Crippen LogP contribution in [0.1, 0.15) is 26.7 Å². The summed E-state index contributed by atoms with van der Waals surface area (Å²) < 4.78 is 10.0. The Labute approximate surface area is 115 Å².